The van der Waals surface area contributed by atoms with E-state index in [-0.39, 0.29) is 0 Å². The fourth-order valence-electron chi connectivity index (χ4n) is 0.354. The maximum Gasteiger partial charge on any atom is 0.216 e. The highest BCUT2D eigenvalue weighted by Gasteiger charge is 2.05. The highest BCUT2D eigenvalue weighted by Crippen LogP contribution is 2.07. The minimum Gasteiger partial charge on any atom is -0.251 e. The molecule has 0 bridgehead atoms. The van der Waals surface area contributed by atoms with Gasteiger partial charge >= 0.3 is 0 Å². The van der Waals surface area contributed by atoms with Crippen LogP contribution >= 0.6 is 23.2 Å². The minimum atomic E-state index is -0.521. The number of hydrogen-bond donors (Lipinski definition) is 0. The molecule has 0 saturated carbocycles. The average Bonchev–Trinajstić information content (AvgIpc) is 1.64. The van der Waals surface area contributed by atoms with E-state index in [1.54, 1.807) is 6.08 Å². The number of allylic oxidation sites excluding steroid dienone is 1. The van der Waals surface area contributed by atoms with Crippen LogP contribution in [0.1, 0.15) is 0 Å². The Morgan fingerprint density at radius 1 is 1.62 bits per heavy atom. The summed E-state index contributed by atoms with van der Waals surface area (Å²) in [4.78, 5) is 3.69. The third kappa shape index (κ3) is 1.39. The standard InChI is InChI=1S/C4H3Cl2N2/c5-3-1-2-7-4(6)8-3/h1-2,4H. The second kappa shape index (κ2) is 2.37. The topological polar surface area (TPSA) is 26.5 Å². The van der Waals surface area contributed by atoms with Gasteiger partial charge in [-0.1, -0.05) is 23.2 Å². The van der Waals surface area contributed by atoms with Gasteiger partial charge in [-0.05, 0) is 6.08 Å². The Morgan fingerprint density at radius 2 is 2.38 bits per heavy atom. The van der Waals surface area contributed by atoms with Crippen LogP contribution < -0.4 is 5.32 Å². The molecule has 1 aliphatic rings. The molecule has 0 spiro atoms. The summed E-state index contributed by atoms with van der Waals surface area (Å²) in [5.74, 6) is 0. The highest BCUT2D eigenvalue weighted by molar-refractivity contribution is 6.31. The molecule has 1 rings (SSSR count). The molecule has 0 saturated heterocycles. The minimum absolute atomic E-state index is 0.403. The van der Waals surface area contributed by atoms with Crippen LogP contribution in [0, 0.1) is 0 Å². The van der Waals surface area contributed by atoms with E-state index in [0.717, 1.165) is 0 Å². The van der Waals surface area contributed by atoms with Gasteiger partial charge in [0.25, 0.3) is 0 Å². The molecular weight excluding hydrogens is 147 g/mol. The van der Waals surface area contributed by atoms with Gasteiger partial charge in [-0.3, -0.25) is 4.99 Å². The molecule has 2 nitrogen and oxygen atoms in total. The molecule has 1 atom stereocenters. The predicted octanol–water partition coefficient (Wildman–Crippen LogP) is 1.28. The summed E-state index contributed by atoms with van der Waals surface area (Å²) in [5.41, 5.74) is -0.521. The third-order valence-electron chi connectivity index (χ3n) is 0.651. The van der Waals surface area contributed by atoms with Crippen LogP contribution in [0.3, 0.4) is 0 Å². The predicted molar refractivity (Wildman–Crippen MR) is 34.2 cm³/mol. The van der Waals surface area contributed by atoms with Crippen LogP contribution in [0.2, 0.25) is 0 Å². The van der Waals surface area contributed by atoms with Gasteiger partial charge in [0, 0.05) is 6.21 Å². The lowest BCUT2D eigenvalue weighted by molar-refractivity contribution is 0.776. The molecule has 43 valence electrons. The monoisotopic (exact) mass is 149 g/mol. The van der Waals surface area contributed by atoms with Crippen molar-refractivity contribution in [3.05, 3.63) is 11.2 Å². The Bertz CT molecular complexity index is 141. The normalized spacial score (nSPS) is 26.8. The Hall–Kier alpha value is -0.210. The van der Waals surface area contributed by atoms with Crippen molar-refractivity contribution in [3.63, 3.8) is 0 Å². The van der Waals surface area contributed by atoms with Crippen molar-refractivity contribution in [2.24, 2.45) is 4.99 Å². The molecule has 0 aromatic carbocycles. The maximum atomic E-state index is 5.43. The van der Waals surface area contributed by atoms with Gasteiger partial charge in [-0.2, -0.15) is 0 Å². The van der Waals surface area contributed by atoms with E-state index in [9.17, 15) is 0 Å². The molecule has 0 aliphatic carbocycles. The molecular formula is C4H3Cl2N2. The summed E-state index contributed by atoms with van der Waals surface area (Å²) in [6, 6.07) is 0. The van der Waals surface area contributed by atoms with Crippen LogP contribution in [0.5, 0.6) is 0 Å². The molecule has 8 heavy (non-hydrogen) atoms. The number of nitrogens with zero attached hydrogens (tertiary/aromatic N) is 2. The Balaban J connectivity index is 2.59. The largest absolute Gasteiger partial charge is 0.251 e. The molecule has 1 unspecified atom stereocenters. The average molecular weight is 150 g/mol. The number of hydrogen-bond acceptors (Lipinski definition) is 1. The van der Waals surface area contributed by atoms with Crippen LogP contribution in [-0.2, 0) is 0 Å². The van der Waals surface area contributed by atoms with E-state index >= 15 is 0 Å². The van der Waals surface area contributed by atoms with Gasteiger partial charge in [-0.25, -0.2) is 5.32 Å². The summed E-state index contributed by atoms with van der Waals surface area (Å²) < 4.78 is 0. The zero-order valence-corrected chi connectivity index (χ0v) is 5.39. The Kier molecular flexibility index (Phi) is 1.76. The van der Waals surface area contributed by atoms with E-state index in [4.69, 9.17) is 23.2 Å². The van der Waals surface area contributed by atoms with Gasteiger partial charge in [0.2, 0.25) is 5.62 Å². The quantitative estimate of drug-likeness (QED) is 0.367. The van der Waals surface area contributed by atoms with Crippen molar-refractivity contribution >= 4 is 29.4 Å². The summed E-state index contributed by atoms with van der Waals surface area (Å²) in [5, 5.41) is 4.08. The van der Waals surface area contributed by atoms with Crippen molar-refractivity contribution in [1.29, 1.82) is 0 Å². The first kappa shape index (κ1) is 5.92. The van der Waals surface area contributed by atoms with Crippen molar-refractivity contribution in [2.75, 3.05) is 0 Å². The number of halogens is 2. The Morgan fingerprint density at radius 3 is 2.75 bits per heavy atom. The van der Waals surface area contributed by atoms with E-state index in [2.05, 4.69) is 10.3 Å². The lowest BCUT2D eigenvalue weighted by Gasteiger charge is -2.05. The third-order valence-corrected chi connectivity index (χ3v) is 1.08. The van der Waals surface area contributed by atoms with Crippen molar-refractivity contribution < 1.29 is 0 Å². The molecule has 4 heteroatoms. The van der Waals surface area contributed by atoms with E-state index in [1.165, 1.54) is 6.21 Å². The summed E-state index contributed by atoms with van der Waals surface area (Å²) in [7, 11) is 0. The summed E-state index contributed by atoms with van der Waals surface area (Å²) in [6.45, 7) is 0. The fourth-order valence-corrected chi connectivity index (χ4v) is 0.723. The lowest BCUT2D eigenvalue weighted by atomic mass is 10.6. The smallest absolute Gasteiger partial charge is 0.216 e. The fraction of sp³-hybridized carbons (Fsp3) is 0.250. The second-order valence-corrected chi connectivity index (χ2v) is 2.00. The van der Waals surface area contributed by atoms with Gasteiger partial charge < -0.3 is 0 Å². The summed E-state index contributed by atoms with van der Waals surface area (Å²) in [6.07, 6.45) is 3.12. The first-order valence-corrected chi connectivity index (χ1v) is 2.84. The molecule has 0 fully saturated rings. The van der Waals surface area contributed by atoms with Crippen molar-refractivity contribution in [2.45, 2.75) is 5.62 Å². The zero-order valence-electron chi connectivity index (χ0n) is 3.88. The van der Waals surface area contributed by atoms with Crippen LogP contribution in [0.4, 0.5) is 0 Å². The number of rotatable bonds is 0. The molecule has 0 N–H and O–H groups in total. The van der Waals surface area contributed by atoms with E-state index in [0.29, 0.717) is 5.16 Å². The van der Waals surface area contributed by atoms with Crippen LogP contribution in [-0.4, -0.2) is 11.8 Å². The molecule has 1 heterocycles. The van der Waals surface area contributed by atoms with E-state index in [1.807, 2.05) is 0 Å². The van der Waals surface area contributed by atoms with Crippen molar-refractivity contribution in [1.82, 2.24) is 5.32 Å². The van der Waals surface area contributed by atoms with E-state index < -0.39 is 5.62 Å². The second-order valence-electron chi connectivity index (χ2n) is 1.23. The van der Waals surface area contributed by atoms with Gasteiger partial charge in [0.15, 0.2) is 0 Å². The van der Waals surface area contributed by atoms with Crippen LogP contribution in [0.25, 0.3) is 0 Å². The van der Waals surface area contributed by atoms with Crippen LogP contribution in [0.15, 0.2) is 16.2 Å². The molecule has 1 radical (unpaired) electrons. The number of alkyl halides is 1. The molecule has 1 aliphatic heterocycles. The lowest BCUT2D eigenvalue weighted by Crippen LogP contribution is -2.13. The first-order valence-electron chi connectivity index (χ1n) is 2.03. The zero-order chi connectivity index (χ0) is 5.98. The van der Waals surface area contributed by atoms with Gasteiger partial charge in [0.05, 0.1) is 0 Å². The molecule has 0 aromatic heterocycles. The molecule has 0 aromatic rings. The Labute approximate surface area is 57.2 Å². The van der Waals surface area contributed by atoms with Gasteiger partial charge in [-0.15, -0.1) is 0 Å². The number of aliphatic imine (C=N–C) groups is 1. The SMILES string of the molecule is ClC1=CC=NC(Cl)[N]1. The van der Waals surface area contributed by atoms with Gasteiger partial charge in [0.1, 0.15) is 5.16 Å². The summed E-state index contributed by atoms with van der Waals surface area (Å²) >= 11 is 10.9. The van der Waals surface area contributed by atoms with Crippen molar-refractivity contribution in [3.8, 4) is 0 Å². The first-order chi connectivity index (χ1) is 3.79. The molecule has 0 amide bonds. The highest BCUT2D eigenvalue weighted by atomic mass is 35.5. The maximum absolute atomic E-state index is 5.43.